The Hall–Kier alpha value is -1.40. The summed E-state index contributed by atoms with van der Waals surface area (Å²) in [6, 6.07) is 5.15. The molecule has 1 saturated heterocycles. The molecule has 0 spiro atoms. The Kier molecular flexibility index (Phi) is 3.98. The molecule has 1 heterocycles. The lowest BCUT2D eigenvalue weighted by atomic mass is 10.2. The van der Waals surface area contributed by atoms with E-state index in [1.807, 2.05) is 18.2 Å². The third kappa shape index (κ3) is 2.54. The maximum absolute atomic E-state index is 10.8. The number of nitrogens with two attached hydrogens (primary N) is 1. The van der Waals surface area contributed by atoms with Gasteiger partial charge >= 0.3 is 0 Å². The molecule has 0 amide bonds. The lowest BCUT2D eigenvalue weighted by Gasteiger charge is -2.13. The molecule has 0 aromatic heterocycles. The van der Waals surface area contributed by atoms with Crippen molar-refractivity contribution in [2.24, 2.45) is 0 Å². The molecule has 6 heteroatoms. The summed E-state index contributed by atoms with van der Waals surface area (Å²) in [5, 5.41) is 12.7. The SMILES string of the molecule is COc1ccc([C@H]2[NH2+][C@@H](C(=O)[O-])CS2)cc1OC. The number of ether oxygens (including phenoxy) is 2. The number of carboxylic acids is 1. The first-order chi connectivity index (χ1) is 8.65. The number of thioether (sulfide) groups is 1. The number of carboxylic acid groups (broad SMARTS) is 1. The predicted octanol–water partition coefficient (Wildman–Crippen LogP) is -0.869. The Balaban J connectivity index is 2.17. The monoisotopic (exact) mass is 269 g/mol. The molecule has 0 bridgehead atoms. The molecular weight excluding hydrogens is 254 g/mol. The molecular formula is C12H15NO4S. The second-order valence-corrected chi connectivity index (χ2v) is 5.16. The number of carbonyl (C=O) groups is 1. The topological polar surface area (TPSA) is 75.2 Å². The molecule has 1 aliphatic rings. The van der Waals surface area contributed by atoms with Crippen LogP contribution < -0.4 is 19.9 Å². The first kappa shape index (κ1) is 13.0. The smallest absolute Gasteiger partial charge is 0.161 e. The van der Waals surface area contributed by atoms with Gasteiger partial charge in [-0.3, -0.25) is 0 Å². The summed E-state index contributed by atoms with van der Waals surface area (Å²) in [6.45, 7) is 0. The summed E-state index contributed by atoms with van der Waals surface area (Å²) >= 11 is 1.59. The molecule has 2 rings (SSSR count). The zero-order valence-corrected chi connectivity index (χ0v) is 11.0. The Morgan fingerprint density at radius 2 is 2.11 bits per heavy atom. The van der Waals surface area contributed by atoms with Gasteiger partial charge in [-0.1, -0.05) is 11.8 Å². The fourth-order valence-corrected chi connectivity index (χ4v) is 3.21. The van der Waals surface area contributed by atoms with Gasteiger partial charge in [0.25, 0.3) is 0 Å². The first-order valence-electron chi connectivity index (χ1n) is 5.55. The van der Waals surface area contributed by atoms with E-state index in [9.17, 15) is 9.90 Å². The number of hydrogen-bond donors (Lipinski definition) is 1. The van der Waals surface area contributed by atoms with Crippen LogP contribution in [0.1, 0.15) is 10.9 Å². The lowest BCUT2D eigenvalue weighted by molar-refractivity contribution is -0.690. The summed E-state index contributed by atoms with van der Waals surface area (Å²) in [4.78, 5) is 10.8. The van der Waals surface area contributed by atoms with Crippen LogP contribution in [0.25, 0.3) is 0 Å². The van der Waals surface area contributed by atoms with Crippen LogP contribution in [0.15, 0.2) is 18.2 Å². The van der Waals surface area contributed by atoms with E-state index in [-0.39, 0.29) is 5.37 Å². The third-order valence-electron chi connectivity index (χ3n) is 2.90. The summed E-state index contributed by atoms with van der Waals surface area (Å²) in [5.74, 6) is 0.869. The van der Waals surface area contributed by atoms with Gasteiger partial charge in [-0.05, 0) is 18.2 Å². The number of methoxy groups -OCH3 is 2. The van der Waals surface area contributed by atoms with Crippen molar-refractivity contribution in [1.82, 2.24) is 0 Å². The molecule has 2 atom stereocenters. The molecule has 0 unspecified atom stereocenters. The summed E-state index contributed by atoms with van der Waals surface area (Å²) < 4.78 is 10.4. The minimum absolute atomic E-state index is 0.0627. The standard InChI is InChI=1S/C12H15NO4S/c1-16-9-4-3-7(5-10(9)17-2)11-13-8(6-18-11)12(14)15/h3-5,8,11,13H,6H2,1-2H3,(H,14,15)/t8-,11+/m1/s1. The van der Waals surface area contributed by atoms with E-state index in [0.717, 1.165) is 5.56 Å². The van der Waals surface area contributed by atoms with E-state index in [2.05, 4.69) is 0 Å². The Labute approximate surface area is 109 Å². The number of hydrogen-bond acceptors (Lipinski definition) is 5. The van der Waals surface area contributed by atoms with Crippen LogP contribution in [0.2, 0.25) is 0 Å². The van der Waals surface area contributed by atoms with Crippen LogP contribution in [-0.2, 0) is 4.79 Å². The van der Waals surface area contributed by atoms with Crippen molar-refractivity contribution in [2.45, 2.75) is 11.4 Å². The Bertz CT molecular complexity index is 452. The molecule has 18 heavy (non-hydrogen) atoms. The average molecular weight is 269 g/mol. The van der Waals surface area contributed by atoms with Crippen molar-refractivity contribution in [2.75, 3.05) is 20.0 Å². The van der Waals surface area contributed by atoms with Crippen LogP contribution in [0.4, 0.5) is 0 Å². The lowest BCUT2D eigenvalue weighted by Crippen LogP contribution is -2.90. The third-order valence-corrected chi connectivity index (χ3v) is 4.24. The summed E-state index contributed by atoms with van der Waals surface area (Å²) in [7, 11) is 3.16. The van der Waals surface area contributed by atoms with Crippen molar-refractivity contribution in [1.29, 1.82) is 0 Å². The van der Waals surface area contributed by atoms with Gasteiger partial charge in [0.15, 0.2) is 16.9 Å². The number of quaternary nitrogens is 1. The summed E-state index contributed by atoms with van der Waals surface area (Å²) in [5.41, 5.74) is 1.02. The highest BCUT2D eigenvalue weighted by molar-refractivity contribution is 7.99. The molecule has 1 fully saturated rings. The minimum Gasteiger partial charge on any atom is -0.544 e. The van der Waals surface area contributed by atoms with Crippen LogP contribution in [-0.4, -0.2) is 32.0 Å². The van der Waals surface area contributed by atoms with E-state index in [0.29, 0.717) is 17.3 Å². The van der Waals surface area contributed by atoms with Crippen molar-refractivity contribution in [3.05, 3.63) is 23.8 Å². The highest BCUT2D eigenvalue weighted by Gasteiger charge is 2.31. The average Bonchev–Trinajstić information content (AvgIpc) is 2.87. The quantitative estimate of drug-likeness (QED) is 0.769. The van der Waals surface area contributed by atoms with E-state index in [1.54, 1.807) is 31.3 Å². The number of benzene rings is 1. The maximum Gasteiger partial charge on any atom is 0.161 e. The minimum atomic E-state index is -1.01. The predicted molar refractivity (Wildman–Crippen MR) is 65.5 cm³/mol. The van der Waals surface area contributed by atoms with Crippen LogP contribution >= 0.6 is 11.8 Å². The Morgan fingerprint density at radius 3 is 2.67 bits per heavy atom. The van der Waals surface area contributed by atoms with E-state index < -0.39 is 12.0 Å². The van der Waals surface area contributed by atoms with Crippen LogP contribution in [0.5, 0.6) is 11.5 Å². The fourth-order valence-electron chi connectivity index (χ4n) is 1.91. The molecule has 2 N–H and O–H groups in total. The summed E-state index contributed by atoms with van der Waals surface area (Å²) in [6.07, 6.45) is 0. The molecule has 5 nitrogen and oxygen atoms in total. The largest absolute Gasteiger partial charge is 0.544 e. The first-order valence-corrected chi connectivity index (χ1v) is 6.60. The van der Waals surface area contributed by atoms with Gasteiger partial charge in [0.1, 0.15) is 12.0 Å². The molecule has 0 radical (unpaired) electrons. The fraction of sp³-hybridized carbons (Fsp3) is 0.417. The zero-order chi connectivity index (χ0) is 13.1. The van der Waals surface area contributed by atoms with Gasteiger partial charge in [-0.15, -0.1) is 0 Å². The number of aliphatic carboxylic acids is 1. The number of carbonyl (C=O) groups excluding carboxylic acids is 1. The van der Waals surface area contributed by atoms with E-state index in [4.69, 9.17) is 9.47 Å². The van der Waals surface area contributed by atoms with Crippen molar-refractivity contribution in [3.63, 3.8) is 0 Å². The molecule has 1 aliphatic heterocycles. The van der Waals surface area contributed by atoms with Gasteiger partial charge in [-0.25, -0.2) is 0 Å². The van der Waals surface area contributed by atoms with Gasteiger partial charge in [-0.2, -0.15) is 0 Å². The zero-order valence-electron chi connectivity index (χ0n) is 10.2. The van der Waals surface area contributed by atoms with Gasteiger partial charge in [0.2, 0.25) is 0 Å². The van der Waals surface area contributed by atoms with Crippen LogP contribution in [0.3, 0.4) is 0 Å². The molecule has 0 aliphatic carbocycles. The Morgan fingerprint density at radius 1 is 1.39 bits per heavy atom. The highest BCUT2D eigenvalue weighted by atomic mass is 32.2. The highest BCUT2D eigenvalue weighted by Crippen LogP contribution is 2.33. The number of rotatable bonds is 4. The normalized spacial score (nSPS) is 22.8. The second-order valence-electron chi connectivity index (χ2n) is 3.99. The maximum atomic E-state index is 10.8. The molecule has 1 aromatic carbocycles. The second kappa shape index (κ2) is 5.49. The molecule has 0 saturated carbocycles. The van der Waals surface area contributed by atoms with Gasteiger partial charge in [0.05, 0.1) is 20.0 Å². The van der Waals surface area contributed by atoms with Gasteiger partial charge < -0.3 is 24.7 Å². The van der Waals surface area contributed by atoms with Crippen LogP contribution in [0, 0.1) is 0 Å². The van der Waals surface area contributed by atoms with Gasteiger partial charge in [0, 0.05) is 5.56 Å². The van der Waals surface area contributed by atoms with Crippen molar-refractivity contribution in [3.8, 4) is 11.5 Å². The van der Waals surface area contributed by atoms with E-state index in [1.165, 1.54) is 0 Å². The van der Waals surface area contributed by atoms with Crippen molar-refractivity contribution < 1.29 is 24.7 Å². The van der Waals surface area contributed by atoms with Crippen molar-refractivity contribution >= 4 is 17.7 Å². The molecule has 1 aromatic rings. The molecule has 98 valence electrons. The van der Waals surface area contributed by atoms with E-state index >= 15 is 0 Å².